The maximum atomic E-state index is 12.4. The van der Waals surface area contributed by atoms with E-state index in [2.05, 4.69) is 22.0 Å². The smallest absolute Gasteiger partial charge is 0.228 e. The van der Waals surface area contributed by atoms with Crippen molar-refractivity contribution in [3.63, 3.8) is 0 Å². The van der Waals surface area contributed by atoms with Crippen molar-refractivity contribution < 1.29 is 4.79 Å². The monoisotopic (exact) mass is 357 g/mol. The van der Waals surface area contributed by atoms with Crippen LogP contribution >= 0.6 is 11.6 Å². The molecule has 2 aromatic rings. The summed E-state index contributed by atoms with van der Waals surface area (Å²) >= 11 is 6.47. The molecule has 1 fully saturated rings. The number of hydrogen-bond donors (Lipinski definition) is 1. The summed E-state index contributed by atoms with van der Waals surface area (Å²) in [5.74, 6) is -0.0260. The molecular formula is C20H24ClN3O. The quantitative estimate of drug-likeness (QED) is 0.887. The summed E-state index contributed by atoms with van der Waals surface area (Å²) in [7, 11) is 0. The number of hydrogen-bond acceptors (Lipinski definition) is 3. The number of benzene rings is 2. The van der Waals surface area contributed by atoms with Crippen molar-refractivity contribution in [1.29, 1.82) is 0 Å². The Morgan fingerprint density at radius 3 is 2.44 bits per heavy atom. The molecule has 0 spiro atoms. The number of amides is 1. The second kappa shape index (κ2) is 8.37. The molecule has 1 N–H and O–H groups in total. The van der Waals surface area contributed by atoms with Crippen molar-refractivity contribution in [3.05, 3.63) is 59.1 Å². The Labute approximate surface area is 154 Å². The molecule has 0 bridgehead atoms. The number of halogens is 1. The van der Waals surface area contributed by atoms with Gasteiger partial charge >= 0.3 is 0 Å². The molecule has 3 rings (SSSR count). The number of piperazine rings is 1. The topological polar surface area (TPSA) is 35.6 Å². The molecule has 0 radical (unpaired) electrons. The zero-order chi connectivity index (χ0) is 17.6. The van der Waals surface area contributed by atoms with Crippen LogP contribution in [0.4, 0.5) is 11.4 Å². The number of anilines is 2. The number of nitrogens with one attached hydrogen (secondary N) is 1. The van der Waals surface area contributed by atoms with Crippen LogP contribution in [0.5, 0.6) is 0 Å². The molecule has 1 aliphatic heterocycles. The third kappa shape index (κ3) is 4.53. The molecule has 1 aliphatic rings. The molecule has 0 saturated carbocycles. The highest BCUT2D eigenvalue weighted by atomic mass is 35.5. The lowest BCUT2D eigenvalue weighted by molar-refractivity contribution is -0.115. The third-order valence-electron chi connectivity index (χ3n) is 4.60. The van der Waals surface area contributed by atoms with E-state index in [1.54, 1.807) is 0 Å². The van der Waals surface area contributed by atoms with Crippen molar-refractivity contribution >= 4 is 28.9 Å². The van der Waals surface area contributed by atoms with E-state index in [1.165, 1.54) is 0 Å². The van der Waals surface area contributed by atoms with E-state index < -0.39 is 0 Å². The molecule has 0 atom stereocenters. The van der Waals surface area contributed by atoms with Crippen LogP contribution in [0.1, 0.15) is 12.5 Å². The minimum atomic E-state index is -0.0260. The van der Waals surface area contributed by atoms with Crippen LogP contribution in [-0.2, 0) is 11.2 Å². The average molecular weight is 358 g/mol. The molecule has 5 heteroatoms. The summed E-state index contributed by atoms with van der Waals surface area (Å²) in [4.78, 5) is 17.1. The normalized spacial score (nSPS) is 15.2. The predicted molar refractivity (Wildman–Crippen MR) is 105 cm³/mol. The van der Waals surface area contributed by atoms with Crippen LogP contribution in [0.15, 0.2) is 48.5 Å². The van der Waals surface area contributed by atoms with Gasteiger partial charge in [0.25, 0.3) is 0 Å². The van der Waals surface area contributed by atoms with Gasteiger partial charge in [-0.2, -0.15) is 0 Å². The molecule has 0 unspecified atom stereocenters. The second-order valence-electron chi connectivity index (χ2n) is 6.27. The summed E-state index contributed by atoms with van der Waals surface area (Å²) in [6.45, 7) is 7.11. The highest BCUT2D eigenvalue weighted by molar-refractivity contribution is 6.34. The molecule has 4 nitrogen and oxygen atoms in total. The third-order valence-corrected chi connectivity index (χ3v) is 4.91. The fraction of sp³-hybridized carbons (Fsp3) is 0.350. The minimum absolute atomic E-state index is 0.0260. The Hall–Kier alpha value is -2.04. The van der Waals surface area contributed by atoms with Crippen LogP contribution in [0, 0.1) is 0 Å². The van der Waals surface area contributed by atoms with Crippen LogP contribution in [0.2, 0.25) is 5.02 Å². The van der Waals surface area contributed by atoms with Gasteiger partial charge in [0.2, 0.25) is 5.91 Å². The van der Waals surface area contributed by atoms with E-state index in [0.717, 1.165) is 49.7 Å². The number of nitrogens with zero attached hydrogens (tertiary/aromatic N) is 2. The zero-order valence-electron chi connectivity index (χ0n) is 14.5. The summed E-state index contributed by atoms with van der Waals surface area (Å²) in [6.07, 6.45) is 0.358. The van der Waals surface area contributed by atoms with Crippen LogP contribution in [0.3, 0.4) is 0 Å². The van der Waals surface area contributed by atoms with Gasteiger partial charge in [0, 0.05) is 26.2 Å². The van der Waals surface area contributed by atoms with Gasteiger partial charge in [0.05, 0.1) is 22.8 Å². The van der Waals surface area contributed by atoms with Crippen molar-refractivity contribution in [2.45, 2.75) is 13.3 Å². The maximum absolute atomic E-state index is 12.4. The highest BCUT2D eigenvalue weighted by Crippen LogP contribution is 2.34. The van der Waals surface area contributed by atoms with E-state index in [-0.39, 0.29) is 5.91 Å². The molecule has 25 heavy (non-hydrogen) atoms. The van der Waals surface area contributed by atoms with Gasteiger partial charge < -0.3 is 15.1 Å². The van der Waals surface area contributed by atoms with Gasteiger partial charge in [-0.15, -0.1) is 0 Å². The number of para-hydroxylation sites is 1. The predicted octanol–water partition coefficient (Wildman–Crippen LogP) is 3.66. The fourth-order valence-corrected chi connectivity index (χ4v) is 3.50. The van der Waals surface area contributed by atoms with Gasteiger partial charge in [-0.1, -0.05) is 54.9 Å². The Morgan fingerprint density at radius 2 is 1.76 bits per heavy atom. The van der Waals surface area contributed by atoms with Gasteiger partial charge in [0.15, 0.2) is 0 Å². The Kier molecular flexibility index (Phi) is 5.95. The maximum Gasteiger partial charge on any atom is 0.228 e. The minimum Gasteiger partial charge on any atom is -0.366 e. The summed E-state index contributed by atoms with van der Waals surface area (Å²) in [5.41, 5.74) is 2.72. The molecule has 2 aromatic carbocycles. The largest absolute Gasteiger partial charge is 0.366 e. The first-order valence-electron chi connectivity index (χ1n) is 8.77. The van der Waals surface area contributed by atoms with Gasteiger partial charge in [0.1, 0.15) is 0 Å². The first-order chi connectivity index (χ1) is 12.2. The van der Waals surface area contributed by atoms with Crippen molar-refractivity contribution in [1.82, 2.24) is 4.90 Å². The molecule has 1 amide bonds. The first kappa shape index (κ1) is 17.8. The lowest BCUT2D eigenvalue weighted by Gasteiger charge is -2.36. The van der Waals surface area contributed by atoms with Crippen molar-refractivity contribution in [2.75, 3.05) is 42.9 Å². The van der Waals surface area contributed by atoms with E-state index >= 15 is 0 Å². The highest BCUT2D eigenvalue weighted by Gasteiger charge is 2.21. The average Bonchev–Trinajstić information content (AvgIpc) is 2.63. The summed E-state index contributed by atoms with van der Waals surface area (Å²) < 4.78 is 0. The van der Waals surface area contributed by atoms with Gasteiger partial charge in [-0.25, -0.2) is 0 Å². The summed E-state index contributed by atoms with van der Waals surface area (Å²) in [5, 5.41) is 3.73. The zero-order valence-corrected chi connectivity index (χ0v) is 15.3. The summed E-state index contributed by atoms with van der Waals surface area (Å²) in [6, 6.07) is 15.5. The molecule has 1 saturated heterocycles. The number of carbonyl (C=O) groups is 1. The van der Waals surface area contributed by atoms with E-state index in [0.29, 0.717) is 11.4 Å². The number of rotatable bonds is 5. The first-order valence-corrected chi connectivity index (χ1v) is 9.14. The van der Waals surface area contributed by atoms with Gasteiger partial charge in [-0.05, 0) is 24.2 Å². The lowest BCUT2D eigenvalue weighted by Crippen LogP contribution is -2.46. The van der Waals surface area contributed by atoms with Crippen molar-refractivity contribution in [2.24, 2.45) is 0 Å². The Morgan fingerprint density at radius 1 is 1.04 bits per heavy atom. The van der Waals surface area contributed by atoms with E-state index in [4.69, 9.17) is 11.6 Å². The van der Waals surface area contributed by atoms with E-state index in [1.807, 2.05) is 48.5 Å². The number of likely N-dealkylation sites (N-methyl/N-ethyl adjacent to an activating group) is 1. The molecule has 132 valence electrons. The van der Waals surface area contributed by atoms with Crippen LogP contribution in [0.25, 0.3) is 0 Å². The molecular weight excluding hydrogens is 334 g/mol. The molecule has 0 aromatic heterocycles. The van der Waals surface area contributed by atoms with Crippen molar-refractivity contribution in [3.8, 4) is 0 Å². The lowest BCUT2D eigenvalue weighted by atomic mass is 10.1. The van der Waals surface area contributed by atoms with E-state index in [9.17, 15) is 4.79 Å². The fourth-order valence-electron chi connectivity index (χ4n) is 3.20. The number of carbonyl (C=O) groups excluding carboxylic acids is 1. The Bertz CT molecular complexity index is 712. The Balaban J connectivity index is 1.73. The molecule has 1 heterocycles. The SMILES string of the molecule is CCN1CCN(c2c(Cl)cccc2NC(=O)Cc2ccccc2)CC1. The van der Waals surface area contributed by atoms with Crippen LogP contribution < -0.4 is 10.2 Å². The van der Waals surface area contributed by atoms with Crippen LogP contribution in [-0.4, -0.2) is 43.5 Å². The standard InChI is InChI=1S/C20H24ClN3O/c1-2-23-11-13-24(14-12-23)20-17(21)9-6-10-18(20)22-19(25)15-16-7-4-3-5-8-16/h3-10H,2,11-15H2,1H3,(H,22,25). The molecule has 0 aliphatic carbocycles. The second-order valence-corrected chi connectivity index (χ2v) is 6.68. The van der Waals surface area contributed by atoms with Gasteiger partial charge in [-0.3, -0.25) is 4.79 Å².